The summed E-state index contributed by atoms with van der Waals surface area (Å²) in [6, 6.07) is 7.25. The van der Waals surface area contributed by atoms with E-state index in [9.17, 15) is 8.42 Å². The molecule has 2 N–H and O–H groups in total. The fourth-order valence-electron chi connectivity index (χ4n) is 5.29. The fourth-order valence-corrected chi connectivity index (χ4v) is 6.11. The van der Waals surface area contributed by atoms with E-state index in [1.807, 2.05) is 31.3 Å². The molecule has 39 heavy (non-hydrogen) atoms. The van der Waals surface area contributed by atoms with Crippen molar-refractivity contribution in [3.63, 3.8) is 0 Å². The summed E-state index contributed by atoms with van der Waals surface area (Å²) in [7, 11) is -3.65. The van der Waals surface area contributed by atoms with Gasteiger partial charge in [0.15, 0.2) is 5.82 Å². The maximum Gasteiger partial charge on any atom is 0.234 e. The molecular weight excluding hydrogens is 522 g/mol. The summed E-state index contributed by atoms with van der Waals surface area (Å²) in [5, 5.41) is 17.9. The Hall–Kier alpha value is -3.13. The zero-order valence-corrected chi connectivity index (χ0v) is 22.7. The molecule has 2 aliphatic heterocycles. The molecule has 13 heteroatoms. The van der Waals surface area contributed by atoms with Crippen LogP contribution in [0.3, 0.4) is 0 Å². The van der Waals surface area contributed by atoms with Crippen LogP contribution < -0.4 is 9.62 Å². The molecule has 1 spiro atoms. The molecule has 1 unspecified atom stereocenters. The Labute approximate surface area is 227 Å². The number of aliphatic hydroxyl groups is 1. The van der Waals surface area contributed by atoms with Crippen LogP contribution in [0.15, 0.2) is 30.5 Å². The SMILES string of the molecule is Cc1cc(-c2cn(-c3ccc(NS(=O)(=O)CCO)cc3N3CCC4(CC3)CC4)nn2)nc(C2COCCO2)n1. The van der Waals surface area contributed by atoms with Crippen molar-refractivity contribution in [2.24, 2.45) is 5.41 Å². The number of anilines is 2. The van der Waals surface area contributed by atoms with Crippen molar-refractivity contribution in [2.75, 3.05) is 54.9 Å². The monoisotopic (exact) mass is 555 g/mol. The zero-order chi connectivity index (χ0) is 27.0. The highest BCUT2D eigenvalue weighted by Gasteiger charge is 2.44. The molecule has 208 valence electrons. The van der Waals surface area contributed by atoms with E-state index in [0.717, 1.165) is 43.0 Å². The first-order valence-corrected chi connectivity index (χ1v) is 15.0. The van der Waals surface area contributed by atoms with Gasteiger partial charge in [0.25, 0.3) is 0 Å². The molecule has 0 radical (unpaired) electrons. The number of nitrogens with one attached hydrogen (secondary N) is 1. The number of ether oxygens (including phenoxy) is 2. The Balaban J connectivity index is 1.32. The number of aliphatic hydroxyl groups excluding tert-OH is 1. The quantitative estimate of drug-likeness (QED) is 0.424. The molecule has 1 aliphatic carbocycles. The van der Waals surface area contributed by atoms with E-state index in [-0.39, 0.29) is 11.9 Å². The first-order valence-electron chi connectivity index (χ1n) is 13.3. The van der Waals surface area contributed by atoms with Crippen molar-refractivity contribution >= 4 is 21.4 Å². The van der Waals surface area contributed by atoms with Gasteiger partial charge in [0.1, 0.15) is 11.8 Å². The Morgan fingerprint density at radius 3 is 2.62 bits per heavy atom. The average Bonchev–Trinajstić information content (AvgIpc) is 3.49. The van der Waals surface area contributed by atoms with Crippen molar-refractivity contribution in [2.45, 2.75) is 38.7 Å². The van der Waals surface area contributed by atoms with Crippen LogP contribution in [0.2, 0.25) is 0 Å². The molecule has 0 bridgehead atoms. The number of nitrogens with zero attached hydrogens (tertiary/aromatic N) is 6. The lowest BCUT2D eigenvalue weighted by Crippen LogP contribution is -2.35. The van der Waals surface area contributed by atoms with Crippen LogP contribution in [0.5, 0.6) is 0 Å². The first kappa shape index (κ1) is 26.1. The minimum atomic E-state index is -3.65. The molecule has 1 aromatic carbocycles. The molecule has 12 nitrogen and oxygen atoms in total. The summed E-state index contributed by atoms with van der Waals surface area (Å²) < 4.78 is 40.3. The van der Waals surface area contributed by atoms with E-state index in [0.29, 0.717) is 48.1 Å². The van der Waals surface area contributed by atoms with E-state index in [4.69, 9.17) is 19.6 Å². The number of aryl methyl sites for hydroxylation is 1. The summed E-state index contributed by atoms with van der Waals surface area (Å²) in [4.78, 5) is 11.5. The van der Waals surface area contributed by atoms with Crippen molar-refractivity contribution in [3.05, 3.63) is 42.0 Å². The van der Waals surface area contributed by atoms with Gasteiger partial charge in [-0.3, -0.25) is 4.72 Å². The molecule has 3 aromatic rings. The first-order chi connectivity index (χ1) is 18.8. The normalized spacial score (nSPS) is 20.8. The second-order valence-corrected chi connectivity index (χ2v) is 12.4. The van der Waals surface area contributed by atoms with Crippen LogP contribution in [-0.4, -0.2) is 83.8 Å². The van der Waals surface area contributed by atoms with Gasteiger partial charge in [-0.2, -0.15) is 0 Å². The minimum absolute atomic E-state index is 0.324. The summed E-state index contributed by atoms with van der Waals surface area (Å²) in [5.74, 6) is 0.197. The predicted molar refractivity (Wildman–Crippen MR) is 144 cm³/mol. The minimum Gasteiger partial charge on any atom is -0.395 e. The third-order valence-electron chi connectivity index (χ3n) is 7.71. The predicted octanol–water partition coefficient (Wildman–Crippen LogP) is 2.24. The van der Waals surface area contributed by atoms with Gasteiger partial charge in [0.2, 0.25) is 10.0 Å². The second-order valence-electron chi connectivity index (χ2n) is 10.6. The van der Waals surface area contributed by atoms with Gasteiger partial charge in [-0.1, -0.05) is 5.21 Å². The van der Waals surface area contributed by atoms with Crippen molar-refractivity contribution < 1.29 is 23.0 Å². The number of hydrogen-bond acceptors (Lipinski definition) is 10. The van der Waals surface area contributed by atoms with Gasteiger partial charge in [0, 0.05) is 18.8 Å². The van der Waals surface area contributed by atoms with E-state index in [1.54, 1.807) is 10.7 Å². The van der Waals surface area contributed by atoms with Gasteiger partial charge >= 0.3 is 0 Å². The Kier molecular flexibility index (Phi) is 7.00. The average molecular weight is 556 g/mol. The molecule has 2 aromatic heterocycles. The van der Waals surface area contributed by atoms with Gasteiger partial charge in [0.05, 0.1) is 61.1 Å². The molecule has 4 heterocycles. The van der Waals surface area contributed by atoms with Crippen LogP contribution in [0.4, 0.5) is 11.4 Å². The highest BCUT2D eigenvalue weighted by Crippen LogP contribution is 2.54. The lowest BCUT2D eigenvalue weighted by Gasteiger charge is -2.35. The van der Waals surface area contributed by atoms with Crippen LogP contribution in [0.1, 0.15) is 43.3 Å². The second kappa shape index (κ2) is 10.5. The zero-order valence-electron chi connectivity index (χ0n) is 21.9. The van der Waals surface area contributed by atoms with Crippen LogP contribution >= 0.6 is 0 Å². The number of sulfonamides is 1. The van der Waals surface area contributed by atoms with E-state index in [2.05, 4.69) is 24.9 Å². The summed E-state index contributed by atoms with van der Waals surface area (Å²) >= 11 is 0. The van der Waals surface area contributed by atoms with E-state index in [1.165, 1.54) is 12.8 Å². The number of rotatable bonds is 8. The summed E-state index contributed by atoms with van der Waals surface area (Å²) in [5.41, 5.74) is 4.63. The summed E-state index contributed by atoms with van der Waals surface area (Å²) in [6.45, 7) is 4.70. The molecule has 3 fully saturated rings. The van der Waals surface area contributed by atoms with Crippen LogP contribution in [-0.2, 0) is 19.5 Å². The van der Waals surface area contributed by atoms with Gasteiger partial charge in [-0.25, -0.2) is 23.1 Å². The van der Waals surface area contributed by atoms with Crippen LogP contribution in [0.25, 0.3) is 17.1 Å². The van der Waals surface area contributed by atoms with Gasteiger partial charge in [-0.15, -0.1) is 5.10 Å². The number of hydrogen-bond donors (Lipinski definition) is 2. The van der Waals surface area contributed by atoms with Crippen LogP contribution in [0, 0.1) is 12.3 Å². The van der Waals surface area contributed by atoms with E-state index >= 15 is 0 Å². The summed E-state index contributed by atoms with van der Waals surface area (Å²) in [6.07, 6.45) is 6.32. The Bertz CT molecular complexity index is 1440. The topological polar surface area (TPSA) is 145 Å². The molecule has 3 aliphatic rings. The molecular formula is C26H33N7O5S. The Morgan fingerprint density at radius 1 is 1.08 bits per heavy atom. The molecule has 0 amide bonds. The maximum atomic E-state index is 12.3. The van der Waals surface area contributed by atoms with Gasteiger partial charge in [-0.05, 0) is 62.3 Å². The Morgan fingerprint density at radius 2 is 1.90 bits per heavy atom. The molecule has 1 atom stereocenters. The third kappa shape index (κ3) is 5.76. The fraction of sp³-hybridized carbons (Fsp3) is 0.538. The van der Waals surface area contributed by atoms with Gasteiger partial charge < -0.3 is 19.5 Å². The third-order valence-corrected chi connectivity index (χ3v) is 8.98. The largest absolute Gasteiger partial charge is 0.395 e. The standard InChI is InChI=1S/C26H33N7O5S/c1-18-14-20(28-25(27-18)24-17-37-11-12-38-24)21-16-33(31-29-21)22-3-2-19(30-39(35,36)13-10-34)15-23(22)32-8-6-26(4-5-26)7-9-32/h2-3,14-16,24,30,34H,4-13,17H2,1H3. The highest BCUT2D eigenvalue weighted by molar-refractivity contribution is 7.92. The number of piperidine rings is 1. The van der Waals surface area contributed by atoms with Crippen molar-refractivity contribution in [3.8, 4) is 17.1 Å². The molecule has 1 saturated carbocycles. The highest BCUT2D eigenvalue weighted by atomic mass is 32.2. The van der Waals surface area contributed by atoms with Crippen molar-refractivity contribution in [1.82, 2.24) is 25.0 Å². The van der Waals surface area contributed by atoms with Crippen molar-refractivity contribution in [1.29, 1.82) is 0 Å². The number of aromatic nitrogens is 5. The smallest absolute Gasteiger partial charge is 0.234 e. The molecule has 6 rings (SSSR count). The maximum absolute atomic E-state index is 12.3. The lowest BCUT2D eigenvalue weighted by molar-refractivity contribution is -0.0935. The lowest BCUT2D eigenvalue weighted by atomic mass is 9.93. The van der Waals surface area contributed by atoms with E-state index < -0.39 is 16.6 Å². The molecule has 2 saturated heterocycles. The number of benzene rings is 1.